The quantitative estimate of drug-likeness (QED) is 0.188. The van der Waals surface area contributed by atoms with Crippen molar-refractivity contribution in [2.24, 2.45) is 0 Å². The first-order chi connectivity index (χ1) is 25.8. The van der Waals surface area contributed by atoms with Crippen LogP contribution in [-0.4, -0.2) is 19.5 Å². The molecule has 52 heavy (non-hydrogen) atoms. The molecule has 242 valence electrons. The first-order valence-corrected chi connectivity index (χ1v) is 17.4. The van der Waals surface area contributed by atoms with Crippen LogP contribution in [0.25, 0.3) is 105 Å². The molecule has 0 unspecified atom stereocenters. The SMILES string of the molecule is c1ccc(-c2nc(-c3ccc4ccccc4c3)nc(-n3c4ccccc4c4cccc(-c5ccc6c(c5)oc5ccc7ccccc7c56)c43)n2)cc1. The number of hydrogen-bond acceptors (Lipinski definition) is 4. The molecule has 0 radical (unpaired) electrons. The maximum absolute atomic E-state index is 6.53. The molecule has 0 atom stereocenters. The van der Waals surface area contributed by atoms with E-state index in [0.29, 0.717) is 17.6 Å². The van der Waals surface area contributed by atoms with E-state index >= 15 is 0 Å². The summed E-state index contributed by atoms with van der Waals surface area (Å²) in [4.78, 5) is 15.5. The van der Waals surface area contributed by atoms with E-state index in [1.165, 1.54) is 16.2 Å². The molecular weight excluding hydrogens is 637 g/mol. The Hall–Kier alpha value is -7.11. The second kappa shape index (κ2) is 11.2. The summed E-state index contributed by atoms with van der Waals surface area (Å²) in [6.07, 6.45) is 0. The highest BCUT2D eigenvalue weighted by atomic mass is 16.3. The summed E-state index contributed by atoms with van der Waals surface area (Å²) in [5, 5.41) is 9.20. The highest BCUT2D eigenvalue weighted by Gasteiger charge is 2.21. The van der Waals surface area contributed by atoms with Crippen molar-refractivity contribution in [3.63, 3.8) is 0 Å². The number of aromatic nitrogens is 4. The highest BCUT2D eigenvalue weighted by molar-refractivity contribution is 6.20. The first kappa shape index (κ1) is 28.7. The zero-order valence-corrected chi connectivity index (χ0v) is 27.9. The Morgan fingerprint density at radius 3 is 1.98 bits per heavy atom. The Balaban J connectivity index is 1.18. The number of hydrogen-bond donors (Lipinski definition) is 0. The zero-order chi connectivity index (χ0) is 34.2. The van der Waals surface area contributed by atoms with Gasteiger partial charge in [-0.25, -0.2) is 4.98 Å². The lowest BCUT2D eigenvalue weighted by Crippen LogP contribution is -2.07. The van der Waals surface area contributed by atoms with Crippen molar-refractivity contribution in [3.05, 3.63) is 170 Å². The van der Waals surface area contributed by atoms with E-state index in [0.717, 1.165) is 71.4 Å². The number of para-hydroxylation sites is 2. The van der Waals surface area contributed by atoms with Crippen LogP contribution in [0.5, 0.6) is 0 Å². The van der Waals surface area contributed by atoms with Crippen molar-refractivity contribution in [1.29, 1.82) is 0 Å². The highest BCUT2D eigenvalue weighted by Crippen LogP contribution is 2.41. The second-order valence-corrected chi connectivity index (χ2v) is 13.2. The molecule has 3 heterocycles. The van der Waals surface area contributed by atoms with E-state index in [1.807, 2.05) is 30.3 Å². The third kappa shape index (κ3) is 4.39. The summed E-state index contributed by atoms with van der Waals surface area (Å²) in [6, 6.07) is 59.2. The Kier molecular flexibility index (Phi) is 6.18. The van der Waals surface area contributed by atoms with Crippen LogP contribution in [0.3, 0.4) is 0 Å². The minimum Gasteiger partial charge on any atom is -0.456 e. The summed E-state index contributed by atoms with van der Waals surface area (Å²) in [6.45, 7) is 0. The van der Waals surface area contributed by atoms with E-state index in [1.54, 1.807) is 0 Å². The van der Waals surface area contributed by atoms with Gasteiger partial charge in [0.05, 0.1) is 11.0 Å². The van der Waals surface area contributed by atoms with E-state index in [-0.39, 0.29) is 0 Å². The van der Waals surface area contributed by atoms with Crippen molar-refractivity contribution in [2.45, 2.75) is 0 Å². The van der Waals surface area contributed by atoms with Gasteiger partial charge in [0.1, 0.15) is 11.2 Å². The fourth-order valence-electron chi connectivity index (χ4n) is 7.81. The van der Waals surface area contributed by atoms with Crippen LogP contribution in [0, 0.1) is 0 Å². The molecule has 11 aromatic rings. The molecular formula is C47H28N4O. The van der Waals surface area contributed by atoms with Gasteiger partial charge < -0.3 is 4.42 Å². The summed E-state index contributed by atoms with van der Waals surface area (Å²) in [7, 11) is 0. The molecule has 0 spiro atoms. The normalized spacial score (nSPS) is 11.8. The molecule has 5 heteroatoms. The maximum Gasteiger partial charge on any atom is 0.238 e. The first-order valence-electron chi connectivity index (χ1n) is 17.4. The van der Waals surface area contributed by atoms with Crippen LogP contribution >= 0.6 is 0 Å². The van der Waals surface area contributed by atoms with E-state index in [9.17, 15) is 0 Å². The number of fused-ring (bicyclic) bond motifs is 9. The van der Waals surface area contributed by atoms with Gasteiger partial charge in [-0.2, -0.15) is 9.97 Å². The van der Waals surface area contributed by atoms with Crippen LogP contribution in [0.4, 0.5) is 0 Å². The molecule has 8 aromatic carbocycles. The van der Waals surface area contributed by atoms with Gasteiger partial charge in [-0.1, -0.05) is 140 Å². The van der Waals surface area contributed by atoms with Gasteiger partial charge in [0.15, 0.2) is 11.6 Å². The molecule has 0 saturated carbocycles. The number of rotatable bonds is 4. The lowest BCUT2D eigenvalue weighted by molar-refractivity contribution is 0.669. The van der Waals surface area contributed by atoms with Crippen LogP contribution in [-0.2, 0) is 0 Å². The standard InChI is InChI=1S/C47H28N4O/c1-2-13-31(14-3-1)45-48-46(34-22-21-29-11-4-5-15-32(29)27-34)50-47(49-45)51-40-20-9-8-17-37(40)38-19-10-18-36(44(38)51)33-23-25-39-42(28-33)52-41-26-24-30-12-6-7-16-35(30)43(39)41/h1-28H. The lowest BCUT2D eigenvalue weighted by Gasteiger charge is -2.13. The topological polar surface area (TPSA) is 56.7 Å². The molecule has 0 N–H and O–H groups in total. The molecule has 3 aromatic heterocycles. The minimum atomic E-state index is 0.562. The maximum atomic E-state index is 6.53. The third-order valence-corrected chi connectivity index (χ3v) is 10.2. The van der Waals surface area contributed by atoms with Crippen molar-refractivity contribution in [2.75, 3.05) is 0 Å². The Morgan fingerprint density at radius 2 is 1.10 bits per heavy atom. The van der Waals surface area contributed by atoms with Gasteiger partial charge in [0.2, 0.25) is 5.95 Å². The average Bonchev–Trinajstić information content (AvgIpc) is 3.77. The fourth-order valence-corrected chi connectivity index (χ4v) is 7.81. The molecule has 0 aliphatic carbocycles. The minimum absolute atomic E-state index is 0.562. The van der Waals surface area contributed by atoms with Gasteiger partial charge in [-0.05, 0) is 57.4 Å². The van der Waals surface area contributed by atoms with Gasteiger partial charge in [-0.15, -0.1) is 0 Å². The van der Waals surface area contributed by atoms with E-state index in [2.05, 4.69) is 144 Å². The summed E-state index contributed by atoms with van der Waals surface area (Å²) >= 11 is 0. The predicted octanol–water partition coefficient (Wildman–Crippen LogP) is 12.2. The predicted molar refractivity (Wildman–Crippen MR) is 213 cm³/mol. The number of benzene rings is 8. The number of furan rings is 1. The van der Waals surface area contributed by atoms with Crippen molar-refractivity contribution in [3.8, 4) is 39.9 Å². The summed E-state index contributed by atoms with van der Waals surface area (Å²) < 4.78 is 8.73. The Bertz CT molecular complexity index is 3190. The molecule has 0 fully saturated rings. The molecule has 5 nitrogen and oxygen atoms in total. The molecule has 0 amide bonds. The molecule has 0 aliphatic heterocycles. The van der Waals surface area contributed by atoms with Gasteiger partial charge in [0, 0.05) is 38.2 Å². The molecule has 0 aliphatic rings. The monoisotopic (exact) mass is 664 g/mol. The van der Waals surface area contributed by atoms with Gasteiger partial charge in [0.25, 0.3) is 0 Å². The largest absolute Gasteiger partial charge is 0.456 e. The van der Waals surface area contributed by atoms with Crippen LogP contribution in [0.15, 0.2) is 174 Å². The van der Waals surface area contributed by atoms with Gasteiger partial charge in [-0.3, -0.25) is 4.57 Å². The van der Waals surface area contributed by atoms with Crippen molar-refractivity contribution < 1.29 is 4.42 Å². The average molecular weight is 665 g/mol. The van der Waals surface area contributed by atoms with Crippen molar-refractivity contribution >= 4 is 65.3 Å². The molecule has 0 bridgehead atoms. The third-order valence-electron chi connectivity index (χ3n) is 10.2. The van der Waals surface area contributed by atoms with Crippen molar-refractivity contribution in [1.82, 2.24) is 19.5 Å². The summed E-state index contributed by atoms with van der Waals surface area (Å²) in [5.41, 5.74) is 7.77. The van der Waals surface area contributed by atoms with Crippen LogP contribution in [0.1, 0.15) is 0 Å². The zero-order valence-electron chi connectivity index (χ0n) is 27.9. The van der Waals surface area contributed by atoms with E-state index in [4.69, 9.17) is 19.4 Å². The lowest BCUT2D eigenvalue weighted by atomic mass is 9.99. The second-order valence-electron chi connectivity index (χ2n) is 13.2. The van der Waals surface area contributed by atoms with E-state index < -0.39 is 0 Å². The number of nitrogens with zero attached hydrogens (tertiary/aromatic N) is 4. The molecule has 0 saturated heterocycles. The fraction of sp³-hybridized carbons (Fsp3) is 0. The Labute approximate surface area is 298 Å². The Morgan fingerprint density at radius 1 is 0.404 bits per heavy atom. The van der Waals surface area contributed by atoms with Gasteiger partial charge >= 0.3 is 0 Å². The summed E-state index contributed by atoms with van der Waals surface area (Å²) in [5.74, 6) is 1.80. The molecule has 11 rings (SSSR count). The van der Waals surface area contributed by atoms with Crippen LogP contribution < -0.4 is 0 Å². The smallest absolute Gasteiger partial charge is 0.238 e. The van der Waals surface area contributed by atoms with Crippen LogP contribution in [0.2, 0.25) is 0 Å².